The van der Waals surface area contributed by atoms with Crippen LogP contribution in [0.25, 0.3) is 169 Å². The number of nitrogens with zero attached hydrogens (tertiary/aromatic N) is 14. The average molecular weight is 1430 g/mol. The van der Waals surface area contributed by atoms with E-state index in [2.05, 4.69) is 11.1 Å². The zero-order valence-electron chi connectivity index (χ0n) is 58.6. The number of nitrogens with two attached hydrogens (primary N) is 1. The number of fused-ring (bicyclic) bond motifs is 6. The minimum Gasteiger partial charge on any atom is -0.383 e. The fourth-order valence-corrected chi connectivity index (χ4v) is 14.1. The van der Waals surface area contributed by atoms with E-state index in [0.717, 1.165) is 33.4 Å². The quantitative estimate of drug-likeness (QED) is 0.0802. The predicted octanol–water partition coefficient (Wildman–Crippen LogP) is 20.8. The lowest BCUT2D eigenvalue weighted by molar-refractivity contribution is -0.137. The Hall–Kier alpha value is -15.1. The van der Waals surface area contributed by atoms with Crippen molar-refractivity contribution in [3.05, 3.63) is 344 Å². The molecule has 2 N–H and O–H groups in total. The topological polar surface area (TPSA) is 200 Å². The van der Waals surface area contributed by atoms with E-state index >= 15 is 13.2 Å². The van der Waals surface area contributed by atoms with Gasteiger partial charge in [0.05, 0.1) is 45.1 Å². The first-order chi connectivity index (χ1) is 53.9. The van der Waals surface area contributed by atoms with Gasteiger partial charge >= 0.3 is 6.18 Å². The first-order valence-electron chi connectivity index (χ1n) is 35.4. The number of amidine groups is 2. The summed E-state index contributed by atoms with van der Waals surface area (Å²) in [6.45, 7) is 0. The number of hydrogen-bond acceptors (Lipinski definition) is 11. The van der Waals surface area contributed by atoms with Crippen molar-refractivity contribution in [3.8, 4) is 131 Å². The molecule has 0 aliphatic heterocycles. The summed E-state index contributed by atoms with van der Waals surface area (Å²) in [6, 6.07) is 101. The summed E-state index contributed by atoms with van der Waals surface area (Å²) >= 11 is 0. The highest BCUT2D eigenvalue weighted by Gasteiger charge is 2.40. The van der Waals surface area contributed by atoms with Crippen LogP contribution in [0.2, 0.25) is 0 Å². The molecule has 5 aromatic heterocycles. The van der Waals surface area contributed by atoms with Crippen molar-refractivity contribution in [1.82, 2.24) is 54.0 Å². The molecule has 0 spiro atoms. The van der Waals surface area contributed by atoms with E-state index in [1.54, 1.807) is 58.6 Å². The van der Waals surface area contributed by atoms with E-state index < -0.39 is 11.7 Å². The summed E-state index contributed by atoms with van der Waals surface area (Å²) in [7, 11) is 1.62. The number of aliphatic imine (C=N–C) groups is 2. The molecule has 13 aromatic carbocycles. The summed E-state index contributed by atoms with van der Waals surface area (Å²) in [5.74, 6) is 3.56. The number of halogens is 3. The van der Waals surface area contributed by atoms with Crippen LogP contribution in [0.1, 0.15) is 22.3 Å². The predicted molar refractivity (Wildman–Crippen MR) is 429 cm³/mol. The molecule has 18 aromatic rings. The molecule has 0 amide bonds. The average Bonchev–Trinajstić information content (AvgIpc) is 1.54. The van der Waals surface area contributed by atoms with Crippen molar-refractivity contribution in [2.45, 2.75) is 6.18 Å². The third kappa shape index (κ3) is 12.7. The Morgan fingerprint density at radius 1 is 0.318 bits per heavy atom. The van der Waals surface area contributed by atoms with Crippen molar-refractivity contribution >= 4 is 55.3 Å². The van der Waals surface area contributed by atoms with Gasteiger partial charge in [-0.1, -0.05) is 273 Å². The highest BCUT2D eigenvalue weighted by Crippen LogP contribution is 2.48. The molecule has 15 nitrogen and oxygen atoms in total. The van der Waals surface area contributed by atoms with Gasteiger partial charge in [0.25, 0.3) is 0 Å². The SMILES string of the molecule is CN=C(N=C(N)c1ccc2c3ccc(-c4nc(-c5ccccc5)nc(-c5ccccc5)n4)cc3n(-c3cc(-c4cccc(C#N)c4)cc(-n4c5cc(-c6nc(-c7ccccc7)nc(-c7ccccc7)n6)ccc5c5ccc(-c6nc(-c7ccccc7)nc(-c7ccccc7)n6)cc54)c3C(F)(F)F)c2c1)c1ccccc1. The van der Waals surface area contributed by atoms with Crippen LogP contribution in [0.4, 0.5) is 13.2 Å². The molecule has 0 saturated heterocycles. The molecule has 0 aliphatic carbocycles. The molecule has 0 saturated carbocycles. The van der Waals surface area contributed by atoms with Gasteiger partial charge in [0.2, 0.25) is 0 Å². The van der Waals surface area contributed by atoms with E-state index in [1.165, 1.54) is 0 Å². The van der Waals surface area contributed by atoms with Crippen LogP contribution >= 0.6 is 0 Å². The number of nitriles is 1. The Morgan fingerprint density at radius 3 is 0.936 bits per heavy atom. The van der Waals surface area contributed by atoms with Crippen LogP contribution in [0.5, 0.6) is 0 Å². The molecule has 5 heterocycles. The standard InChI is InChI=1S/C92H58F3N15/c1-98-82(57-25-9-2-10-26-57)99-81(97)65-40-44-70-71-45-41-66(89-103-83(58-27-11-3-12-28-58)100-84(104-89)59-29-13-4-14-30-59)50-75(71)109(74(70)49-65)78-53-69(64-39-23-24-56(48-64)55-96)54-79(80(78)92(93,94)95)110-76-51-67(90-105-85(60-31-15-5-16-32-60)101-86(106-90)61-33-17-6-18-34-61)42-46-72(76)73-47-43-68(52-77(73)110)91-107-87(62-35-19-7-20-36-62)102-88(108-91)63-37-21-8-22-38-63/h2-54H,1H3,(H2,97,98,99). The van der Waals surface area contributed by atoms with Crippen molar-refractivity contribution in [2.75, 3.05) is 7.05 Å². The Morgan fingerprint density at radius 2 is 0.618 bits per heavy atom. The fraction of sp³-hybridized carbons (Fsp3) is 0.0217. The summed E-state index contributed by atoms with van der Waals surface area (Å²) in [5.41, 5.74) is 15.0. The first kappa shape index (κ1) is 66.8. The highest BCUT2D eigenvalue weighted by atomic mass is 19.4. The fourth-order valence-electron chi connectivity index (χ4n) is 14.1. The first-order valence-corrected chi connectivity index (χ1v) is 35.4. The Balaban J connectivity index is 0.964. The van der Waals surface area contributed by atoms with Gasteiger partial charge < -0.3 is 14.9 Å². The van der Waals surface area contributed by atoms with Gasteiger partial charge in [0, 0.05) is 89.8 Å². The molecule has 18 rings (SSSR count). The van der Waals surface area contributed by atoms with E-state index in [4.69, 9.17) is 55.6 Å². The Labute approximate surface area is 628 Å². The van der Waals surface area contributed by atoms with E-state index in [0.29, 0.717) is 123 Å². The molecule has 0 unspecified atom stereocenters. The highest BCUT2D eigenvalue weighted by molar-refractivity contribution is 6.16. The van der Waals surface area contributed by atoms with Gasteiger partial charge in [0.15, 0.2) is 58.3 Å². The monoisotopic (exact) mass is 1430 g/mol. The molecule has 0 aliphatic rings. The van der Waals surface area contributed by atoms with Crippen molar-refractivity contribution in [1.29, 1.82) is 5.26 Å². The third-order valence-electron chi connectivity index (χ3n) is 19.4. The maximum Gasteiger partial charge on any atom is 0.420 e. The third-order valence-corrected chi connectivity index (χ3v) is 19.4. The molecule has 0 fully saturated rings. The normalized spacial score (nSPS) is 12.0. The Bertz CT molecular complexity index is 6350. The van der Waals surface area contributed by atoms with Crippen molar-refractivity contribution in [2.24, 2.45) is 15.7 Å². The van der Waals surface area contributed by atoms with Crippen LogP contribution in [-0.4, -0.2) is 72.7 Å². The lowest BCUT2D eigenvalue weighted by Gasteiger charge is -2.23. The number of aromatic nitrogens is 11. The maximum atomic E-state index is 18.4. The van der Waals surface area contributed by atoms with Crippen LogP contribution < -0.4 is 5.73 Å². The minimum absolute atomic E-state index is 0.0616. The van der Waals surface area contributed by atoms with Gasteiger partial charge in [-0.3, -0.25) is 4.99 Å². The maximum absolute atomic E-state index is 18.4. The second-order valence-corrected chi connectivity index (χ2v) is 26.2. The van der Waals surface area contributed by atoms with Crippen LogP contribution in [0, 0.1) is 11.3 Å². The van der Waals surface area contributed by atoms with Crippen LogP contribution in [0.3, 0.4) is 0 Å². The number of rotatable bonds is 14. The molecular formula is C92H58F3N15. The smallest absolute Gasteiger partial charge is 0.383 e. The van der Waals surface area contributed by atoms with Crippen LogP contribution in [0.15, 0.2) is 332 Å². The molecule has 0 radical (unpaired) electrons. The zero-order valence-corrected chi connectivity index (χ0v) is 58.6. The lowest BCUT2D eigenvalue weighted by Crippen LogP contribution is -2.17. The van der Waals surface area contributed by atoms with Crippen LogP contribution in [-0.2, 0) is 6.18 Å². The van der Waals surface area contributed by atoms with Gasteiger partial charge in [-0.05, 0) is 59.7 Å². The van der Waals surface area contributed by atoms with E-state index in [1.807, 2.05) is 279 Å². The van der Waals surface area contributed by atoms with Crippen molar-refractivity contribution < 1.29 is 13.2 Å². The van der Waals surface area contributed by atoms with E-state index in [-0.39, 0.29) is 40.2 Å². The lowest BCUT2D eigenvalue weighted by atomic mass is 9.98. The van der Waals surface area contributed by atoms with Gasteiger partial charge in [-0.15, -0.1) is 0 Å². The molecule has 0 atom stereocenters. The van der Waals surface area contributed by atoms with Gasteiger partial charge in [-0.25, -0.2) is 49.8 Å². The Kier molecular flexibility index (Phi) is 17.1. The van der Waals surface area contributed by atoms with E-state index in [9.17, 15) is 5.26 Å². The number of benzene rings is 13. The second kappa shape index (κ2) is 28.1. The van der Waals surface area contributed by atoms with Crippen molar-refractivity contribution in [3.63, 3.8) is 0 Å². The molecular weight excluding hydrogens is 1370 g/mol. The second-order valence-electron chi connectivity index (χ2n) is 26.2. The summed E-state index contributed by atoms with van der Waals surface area (Å²) in [5, 5.41) is 13.0. The molecule has 522 valence electrons. The zero-order chi connectivity index (χ0) is 74.4. The summed E-state index contributed by atoms with van der Waals surface area (Å²) in [4.78, 5) is 55.2. The largest absolute Gasteiger partial charge is 0.420 e. The number of hydrogen-bond donors (Lipinski definition) is 1. The van der Waals surface area contributed by atoms with Gasteiger partial charge in [0.1, 0.15) is 11.4 Å². The number of alkyl halides is 3. The molecule has 18 heteroatoms. The summed E-state index contributed by atoms with van der Waals surface area (Å²) < 4.78 is 58.4. The molecule has 0 bridgehead atoms. The summed E-state index contributed by atoms with van der Waals surface area (Å²) in [6.07, 6.45) is -5.17. The van der Waals surface area contributed by atoms with Gasteiger partial charge in [-0.2, -0.15) is 18.4 Å². The minimum atomic E-state index is -5.17. The molecule has 110 heavy (non-hydrogen) atoms.